The minimum absolute atomic E-state index is 0.0447. The molecule has 1 heterocycles. The Hall–Kier alpha value is -1.30. The lowest BCUT2D eigenvalue weighted by molar-refractivity contribution is -0.133. The molecule has 6 heteroatoms. The largest absolute Gasteiger partial charge is 0.409 e. The Labute approximate surface area is 126 Å². The molecule has 4 N–H and O–H groups in total. The van der Waals surface area contributed by atoms with Gasteiger partial charge in [-0.25, -0.2) is 0 Å². The highest BCUT2D eigenvalue weighted by Gasteiger charge is 2.52. The number of nitrogens with zero attached hydrogens (tertiary/aromatic N) is 2. The molecule has 1 amide bonds. The molecule has 0 bridgehead atoms. The average Bonchev–Trinajstić information content (AvgIpc) is 2.43. The fraction of sp³-hybridized carbons (Fsp3) is 0.867. The van der Waals surface area contributed by atoms with E-state index in [1.54, 1.807) is 0 Å². The second kappa shape index (κ2) is 6.64. The van der Waals surface area contributed by atoms with Gasteiger partial charge in [0.25, 0.3) is 0 Å². The molecule has 0 aromatic rings. The first kappa shape index (κ1) is 16.1. The van der Waals surface area contributed by atoms with E-state index >= 15 is 0 Å². The van der Waals surface area contributed by atoms with Crippen LogP contribution in [0.1, 0.15) is 46.0 Å². The van der Waals surface area contributed by atoms with Gasteiger partial charge in [-0.3, -0.25) is 4.79 Å². The number of hydrogen-bond donors (Lipinski definition) is 3. The molecule has 2 fully saturated rings. The number of nitrogens with two attached hydrogens (primary N) is 1. The van der Waals surface area contributed by atoms with Crippen LogP contribution in [0.25, 0.3) is 0 Å². The van der Waals surface area contributed by atoms with E-state index in [0.29, 0.717) is 18.8 Å². The third kappa shape index (κ3) is 3.48. The maximum Gasteiger partial charge on any atom is 0.234 e. The van der Waals surface area contributed by atoms with Gasteiger partial charge in [-0.2, -0.15) is 0 Å². The molecule has 1 saturated heterocycles. The first-order valence-corrected chi connectivity index (χ1v) is 7.99. The van der Waals surface area contributed by atoms with E-state index in [2.05, 4.69) is 22.3 Å². The topological polar surface area (TPSA) is 91.0 Å². The van der Waals surface area contributed by atoms with Gasteiger partial charge >= 0.3 is 0 Å². The summed E-state index contributed by atoms with van der Waals surface area (Å²) < 4.78 is 0. The number of rotatable bonds is 5. The SMILES string of the molecule is CC1CC(C(=O)NC(C)CN2CCCCC2)(C(N)=NO)C1. The average molecular weight is 296 g/mol. The zero-order valence-electron chi connectivity index (χ0n) is 13.1. The Bertz CT molecular complexity index is 398. The van der Waals surface area contributed by atoms with Gasteiger partial charge in [-0.1, -0.05) is 18.5 Å². The summed E-state index contributed by atoms with van der Waals surface area (Å²) in [5.74, 6) is 0.386. The Morgan fingerprint density at radius 1 is 1.43 bits per heavy atom. The van der Waals surface area contributed by atoms with E-state index in [0.717, 1.165) is 19.6 Å². The Morgan fingerprint density at radius 2 is 2.05 bits per heavy atom. The molecular formula is C15H28N4O2. The summed E-state index contributed by atoms with van der Waals surface area (Å²) in [5.41, 5.74) is 4.96. The van der Waals surface area contributed by atoms with E-state index in [9.17, 15) is 4.79 Å². The Balaban J connectivity index is 1.89. The number of hydrogen-bond acceptors (Lipinski definition) is 4. The number of nitrogens with one attached hydrogen (secondary N) is 1. The van der Waals surface area contributed by atoms with Gasteiger partial charge in [0.15, 0.2) is 5.84 Å². The van der Waals surface area contributed by atoms with E-state index < -0.39 is 5.41 Å². The van der Waals surface area contributed by atoms with Crippen molar-refractivity contribution in [2.45, 2.75) is 52.0 Å². The van der Waals surface area contributed by atoms with Gasteiger partial charge in [-0.15, -0.1) is 0 Å². The van der Waals surface area contributed by atoms with Crippen LogP contribution in [0.4, 0.5) is 0 Å². The number of likely N-dealkylation sites (tertiary alicyclic amines) is 1. The summed E-state index contributed by atoms with van der Waals surface area (Å²) in [5, 5.41) is 15.1. The highest BCUT2D eigenvalue weighted by molar-refractivity contribution is 6.07. The molecule has 1 unspecified atom stereocenters. The highest BCUT2D eigenvalue weighted by Crippen LogP contribution is 2.45. The zero-order chi connectivity index (χ0) is 15.5. The lowest BCUT2D eigenvalue weighted by atomic mass is 9.61. The molecule has 0 spiro atoms. The standard InChI is InChI=1S/C15H28N4O2/c1-11-8-15(9-11,13(16)18-21)14(20)17-12(2)10-19-6-4-3-5-7-19/h11-12,21H,3-10H2,1-2H3,(H2,16,18)(H,17,20). The molecule has 120 valence electrons. The predicted octanol–water partition coefficient (Wildman–Crippen LogP) is 1.14. The second-order valence-corrected chi connectivity index (χ2v) is 6.82. The monoisotopic (exact) mass is 296 g/mol. The summed E-state index contributed by atoms with van der Waals surface area (Å²) in [7, 11) is 0. The molecular weight excluding hydrogens is 268 g/mol. The van der Waals surface area contributed by atoms with Crippen molar-refractivity contribution in [3.8, 4) is 0 Å². The first-order chi connectivity index (χ1) is 9.98. The Kier molecular flexibility index (Phi) is 5.08. The number of amidine groups is 1. The molecule has 1 aliphatic carbocycles. The van der Waals surface area contributed by atoms with Crippen LogP contribution in [0.2, 0.25) is 0 Å². The van der Waals surface area contributed by atoms with Crippen LogP contribution in [0.15, 0.2) is 5.16 Å². The van der Waals surface area contributed by atoms with Crippen LogP contribution in [-0.4, -0.2) is 47.5 Å². The molecule has 6 nitrogen and oxygen atoms in total. The van der Waals surface area contributed by atoms with Gasteiger partial charge in [0.05, 0.1) is 0 Å². The van der Waals surface area contributed by atoms with Gasteiger partial charge in [0.1, 0.15) is 5.41 Å². The molecule has 0 aromatic carbocycles. The van der Waals surface area contributed by atoms with Crippen molar-refractivity contribution in [2.75, 3.05) is 19.6 Å². The van der Waals surface area contributed by atoms with Crippen LogP contribution < -0.4 is 11.1 Å². The third-order valence-electron chi connectivity index (χ3n) is 4.78. The third-order valence-corrected chi connectivity index (χ3v) is 4.78. The van der Waals surface area contributed by atoms with Crippen LogP contribution in [0.5, 0.6) is 0 Å². The van der Waals surface area contributed by atoms with Crippen molar-refractivity contribution in [3.05, 3.63) is 0 Å². The van der Waals surface area contributed by atoms with Crippen LogP contribution in [0, 0.1) is 11.3 Å². The maximum atomic E-state index is 12.5. The minimum atomic E-state index is -0.801. The number of carbonyl (C=O) groups excluding carboxylic acids is 1. The predicted molar refractivity (Wildman–Crippen MR) is 82.1 cm³/mol. The number of piperidine rings is 1. The van der Waals surface area contributed by atoms with E-state index in [1.807, 2.05) is 6.92 Å². The molecule has 1 saturated carbocycles. The van der Waals surface area contributed by atoms with Gasteiger partial charge in [-0.05, 0) is 51.6 Å². The summed E-state index contributed by atoms with van der Waals surface area (Å²) in [6.45, 7) is 7.20. The first-order valence-electron chi connectivity index (χ1n) is 7.99. The second-order valence-electron chi connectivity index (χ2n) is 6.82. The van der Waals surface area contributed by atoms with Gasteiger partial charge < -0.3 is 21.2 Å². The fourth-order valence-corrected chi connectivity index (χ4v) is 3.67. The molecule has 2 rings (SSSR count). The summed E-state index contributed by atoms with van der Waals surface area (Å²) in [4.78, 5) is 14.9. The summed E-state index contributed by atoms with van der Waals surface area (Å²) in [6, 6.07) is 0.0786. The maximum absolute atomic E-state index is 12.5. The van der Waals surface area contributed by atoms with Crippen molar-refractivity contribution in [3.63, 3.8) is 0 Å². The van der Waals surface area contributed by atoms with Crippen molar-refractivity contribution in [1.82, 2.24) is 10.2 Å². The lowest BCUT2D eigenvalue weighted by Crippen LogP contribution is -2.59. The van der Waals surface area contributed by atoms with Gasteiger partial charge in [0, 0.05) is 12.6 Å². The van der Waals surface area contributed by atoms with E-state index in [-0.39, 0.29) is 17.8 Å². The number of carbonyl (C=O) groups is 1. The molecule has 2 aliphatic rings. The normalized spacial score (nSPS) is 32.3. The van der Waals surface area contributed by atoms with E-state index in [1.165, 1.54) is 19.3 Å². The van der Waals surface area contributed by atoms with Crippen molar-refractivity contribution in [1.29, 1.82) is 0 Å². The van der Waals surface area contributed by atoms with Crippen LogP contribution in [-0.2, 0) is 4.79 Å². The summed E-state index contributed by atoms with van der Waals surface area (Å²) >= 11 is 0. The van der Waals surface area contributed by atoms with Crippen molar-refractivity contribution in [2.24, 2.45) is 22.2 Å². The lowest BCUT2D eigenvalue weighted by Gasteiger charge is -2.44. The molecule has 1 atom stereocenters. The quantitative estimate of drug-likeness (QED) is 0.307. The summed E-state index contributed by atoms with van der Waals surface area (Å²) in [6.07, 6.45) is 5.11. The number of amides is 1. The molecule has 0 radical (unpaired) electrons. The molecule has 1 aliphatic heterocycles. The van der Waals surface area contributed by atoms with Crippen molar-refractivity contribution >= 4 is 11.7 Å². The smallest absolute Gasteiger partial charge is 0.234 e. The highest BCUT2D eigenvalue weighted by atomic mass is 16.4. The van der Waals surface area contributed by atoms with Crippen LogP contribution >= 0.6 is 0 Å². The van der Waals surface area contributed by atoms with E-state index in [4.69, 9.17) is 10.9 Å². The fourth-order valence-electron chi connectivity index (χ4n) is 3.67. The van der Waals surface area contributed by atoms with Gasteiger partial charge in [0.2, 0.25) is 5.91 Å². The van der Waals surface area contributed by atoms with Crippen LogP contribution in [0.3, 0.4) is 0 Å². The minimum Gasteiger partial charge on any atom is -0.409 e. The number of oxime groups is 1. The zero-order valence-corrected chi connectivity index (χ0v) is 13.1. The molecule has 21 heavy (non-hydrogen) atoms. The Morgan fingerprint density at radius 3 is 2.57 bits per heavy atom. The van der Waals surface area contributed by atoms with Crippen molar-refractivity contribution < 1.29 is 10.0 Å². The molecule has 0 aromatic heterocycles.